The molecule has 0 aliphatic rings. The highest BCUT2D eigenvalue weighted by Gasteiger charge is 2.26. The van der Waals surface area contributed by atoms with E-state index in [9.17, 15) is 13.2 Å². The molecule has 0 aliphatic heterocycles. The van der Waals surface area contributed by atoms with Gasteiger partial charge in [0.25, 0.3) is 0 Å². The Hall–Kier alpha value is -2.08. The average Bonchev–Trinajstić information content (AvgIpc) is 2.89. The lowest BCUT2D eigenvalue weighted by molar-refractivity contribution is 0.0522. The van der Waals surface area contributed by atoms with Crippen molar-refractivity contribution in [1.82, 2.24) is 4.98 Å². The molecule has 2 aromatic rings. The Bertz CT molecular complexity index is 714. The molecule has 0 atom stereocenters. The van der Waals surface area contributed by atoms with Gasteiger partial charge in [-0.2, -0.15) is 0 Å². The highest BCUT2D eigenvalue weighted by atomic mass is 32.2. The molecule has 1 aromatic carbocycles. The summed E-state index contributed by atoms with van der Waals surface area (Å²) >= 11 is 0. The van der Waals surface area contributed by atoms with E-state index in [0.717, 1.165) is 5.56 Å². The summed E-state index contributed by atoms with van der Waals surface area (Å²) in [6, 6.07) is 7.85. The largest absolute Gasteiger partial charge is 0.462 e. The van der Waals surface area contributed by atoms with Crippen LogP contribution < -0.4 is 0 Å². The van der Waals surface area contributed by atoms with E-state index < -0.39 is 15.8 Å². The molecule has 0 saturated carbocycles. The number of aromatic nitrogens is 1. The average molecular weight is 293 g/mol. The number of nitrogens with one attached hydrogen (secondary N) is 1. The third kappa shape index (κ3) is 2.60. The zero-order chi connectivity index (χ0) is 14.8. The van der Waals surface area contributed by atoms with Gasteiger partial charge in [0.05, 0.1) is 17.1 Å². The minimum atomic E-state index is -3.76. The van der Waals surface area contributed by atoms with E-state index in [1.165, 1.54) is 24.4 Å². The van der Waals surface area contributed by atoms with Gasteiger partial charge < -0.3 is 9.72 Å². The van der Waals surface area contributed by atoms with Gasteiger partial charge in [-0.05, 0) is 32.0 Å². The van der Waals surface area contributed by atoms with Gasteiger partial charge in [-0.25, -0.2) is 13.2 Å². The highest BCUT2D eigenvalue weighted by molar-refractivity contribution is 7.91. The van der Waals surface area contributed by atoms with E-state index >= 15 is 0 Å². The van der Waals surface area contributed by atoms with Gasteiger partial charge in [0, 0.05) is 6.20 Å². The van der Waals surface area contributed by atoms with Crippen LogP contribution in [-0.2, 0) is 14.6 Å². The Morgan fingerprint density at radius 2 is 1.85 bits per heavy atom. The van der Waals surface area contributed by atoms with Crippen molar-refractivity contribution in [3.05, 3.63) is 47.7 Å². The fourth-order valence-electron chi connectivity index (χ4n) is 1.78. The molecule has 1 aromatic heterocycles. The molecule has 20 heavy (non-hydrogen) atoms. The molecule has 0 amide bonds. The Morgan fingerprint density at radius 1 is 1.20 bits per heavy atom. The van der Waals surface area contributed by atoms with Crippen LogP contribution in [0, 0.1) is 6.92 Å². The maximum Gasteiger partial charge on any atom is 0.341 e. The number of carbonyl (C=O) groups excluding carboxylic acids is 1. The topological polar surface area (TPSA) is 76.2 Å². The van der Waals surface area contributed by atoms with Crippen LogP contribution in [0.25, 0.3) is 0 Å². The summed E-state index contributed by atoms with van der Waals surface area (Å²) in [5.41, 5.74) is 0.980. The summed E-state index contributed by atoms with van der Waals surface area (Å²) in [7, 11) is -3.76. The first-order valence-corrected chi connectivity index (χ1v) is 7.61. The van der Waals surface area contributed by atoms with E-state index in [-0.39, 0.29) is 22.1 Å². The Labute approximate surface area is 117 Å². The van der Waals surface area contributed by atoms with Gasteiger partial charge in [0.1, 0.15) is 0 Å². The predicted molar refractivity (Wildman–Crippen MR) is 73.4 cm³/mol. The summed E-state index contributed by atoms with van der Waals surface area (Å²) in [5.74, 6) is -0.653. The monoisotopic (exact) mass is 293 g/mol. The van der Waals surface area contributed by atoms with E-state index in [0.29, 0.717) is 0 Å². The van der Waals surface area contributed by atoms with Crippen LogP contribution in [0.3, 0.4) is 0 Å². The van der Waals surface area contributed by atoms with Crippen molar-refractivity contribution in [3.63, 3.8) is 0 Å². The SMILES string of the molecule is CCOC(=O)c1cc[nH]c1S(=O)(=O)c1ccc(C)cc1. The molecule has 0 bridgehead atoms. The molecule has 1 N–H and O–H groups in total. The van der Waals surface area contributed by atoms with Crippen molar-refractivity contribution in [2.24, 2.45) is 0 Å². The van der Waals surface area contributed by atoms with Gasteiger partial charge in [0.15, 0.2) is 5.03 Å². The number of H-pyrrole nitrogens is 1. The number of ether oxygens (including phenoxy) is 1. The minimum Gasteiger partial charge on any atom is -0.462 e. The van der Waals surface area contributed by atoms with Crippen molar-refractivity contribution < 1.29 is 17.9 Å². The molecule has 6 heteroatoms. The molecular formula is C14H15NO4S. The van der Waals surface area contributed by atoms with Crippen molar-refractivity contribution >= 4 is 15.8 Å². The Kier molecular flexibility index (Phi) is 3.94. The Morgan fingerprint density at radius 3 is 2.45 bits per heavy atom. The highest BCUT2D eigenvalue weighted by Crippen LogP contribution is 2.23. The molecular weight excluding hydrogens is 278 g/mol. The van der Waals surface area contributed by atoms with Crippen molar-refractivity contribution in [2.75, 3.05) is 6.61 Å². The zero-order valence-corrected chi connectivity index (χ0v) is 12.0. The molecule has 5 nitrogen and oxygen atoms in total. The van der Waals surface area contributed by atoms with Crippen molar-refractivity contribution in [1.29, 1.82) is 0 Å². The first-order valence-electron chi connectivity index (χ1n) is 6.13. The van der Waals surface area contributed by atoms with Gasteiger partial charge >= 0.3 is 5.97 Å². The molecule has 106 valence electrons. The third-order valence-corrected chi connectivity index (χ3v) is 4.57. The second-order valence-electron chi connectivity index (χ2n) is 4.26. The van der Waals surface area contributed by atoms with Crippen LogP contribution in [0.15, 0.2) is 46.5 Å². The smallest absolute Gasteiger partial charge is 0.341 e. The molecule has 0 aliphatic carbocycles. The number of benzene rings is 1. The molecule has 0 fully saturated rings. The van der Waals surface area contributed by atoms with Gasteiger partial charge in [0.2, 0.25) is 9.84 Å². The fourth-order valence-corrected chi connectivity index (χ4v) is 3.18. The number of aryl methyl sites for hydroxylation is 1. The van der Waals surface area contributed by atoms with E-state index in [1.54, 1.807) is 19.1 Å². The second kappa shape index (κ2) is 5.50. The van der Waals surface area contributed by atoms with Gasteiger partial charge in [-0.1, -0.05) is 17.7 Å². The number of rotatable bonds is 4. The quantitative estimate of drug-likeness (QED) is 0.878. The van der Waals surface area contributed by atoms with Crippen LogP contribution in [0.5, 0.6) is 0 Å². The van der Waals surface area contributed by atoms with Crippen molar-refractivity contribution in [3.8, 4) is 0 Å². The van der Waals surface area contributed by atoms with Crippen LogP contribution in [0.2, 0.25) is 0 Å². The number of hydrogen-bond donors (Lipinski definition) is 1. The number of esters is 1. The summed E-state index contributed by atoms with van der Waals surface area (Å²) in [4.78, 5) is 14.5. The van der Waals surface area contributed by atoms with Crippen molar-refractivity contribution in [2.45, 2.75) is 23.8 Å². The summed E-state index contributed by atoms with van der Waals surface area (Å²) in [5, 5.41) is -0.139. The number of hydrogen-bond acceptors (Lipinski definition) is 4. The summed E-state index contributed by atoms with van der Waals surface area (Å²) < 4.78 is 29.8. The predicted octanol–water partition coefficient (Wildman–Crippen LogP) is 2.33. The lowest BCUT2D eigenvalue weighted by Crippen LogP contribution is -2.11. The molecule has 0 unspecified atom stereocenters. The normalized spacial score (nSPS) is 11.3. The molecule has 2 rings (SSSR count). The van der Waals surface area contributed by atoms with Crippen LogP contribution >= 0.6 is 0 Å². The van der Waals surface area contributed by atoms with E-state index in [1.807, 2.05) is 6.92 Å². The van der Waals surface area contributed by atoms with Gasteiger partial charge in [-0.3, -0.25) is 0 Å². The molecule has 0 radical (unpaired) electrons. The molecule has 1 heterocycles. The summed E-state index contributed by atoms with van der Waals surface area (Å²) in [6.45, 7) is 3.72. The first kappa shape index (κ1) is 14.3. The second-order valence-corrected chi connectivity index (χ2v) is 6.14. The zero-order valence-electron chi connectivity index (χ0n) is 11.2. The van der Waals surface area contributed by atoms with Crippen LogP contribution in [-0.4, -0.2) is 26.0 Å². The maximum absolute atomic E-state index is 12.5. The molecule has 0 saturated heterocycles. The van der Waals surface area contributed by atoms with E-state index in [4.69, 9.17) is 4.74 Å². The maximum atomic E-state index is 12.5. The number of sulfone groups is 1. The summed E-state index contributed by atoms with van der Waals surface area (Å²) in [6.07, 6.45) is 1.41. The first-order chi connectivity index (χ1) is 9.46. The van der Waals surface area contributed by atoms with Gasteiger partial charge in [-0.15, -0.1) is 0 Å². The standard InChI is InChI=1S/C14H15NO4S/c1-3-19-14(16)12-8-9-15-13(12)20(17,18)11-6-4-10(2)5-7-11/h4-9,15H,3H2,1-2H3. The number of carbonyl (C=O) groups is 1. The Balaban J connectivity index is 2.48. The third-order valence-electron chi connectivity index (χ3n) is 2.80. The minimum absolute atomic E-state index is 0.0208. The van der Waals surface area contributed by atoms with E-state index in [2.05, 4.69) is 4.98 Å². The molecule has 0 spiro atoms. The van der Waals surface area contributed by atoms with Crippen LogP contribution in [0.4, 0.5) is 0 Å². The lowest BCUT2D eigenvalue weighted by atomic mass is 10.2. The lowest BCUT2D eigenvalue weighted by Gasteiger charge is -2.06. The fraction of sp³-hybridized carbons (Fsp3) is 0.214. The number of aromatic amines is 1. The van der Waals surface area contributed by atoms with Crippen LogP contribution in [0.1, 0.15) is 22.8 Å².